The number of anilines is 1. The number of carboxylic acid groups (broad SMARTS) is 1. The van der Waals surface area contributed by atoms with Crippen molar-refractivity contribution in [2.45, 2.75) is 55.9 Å². The van der Waals surface area contributed by atoms with Gasteiger partial charge in [0.05, 0.1) is 14.2 Å². The number of thiophene rings is 1. The van der Waals surface area contributed by atoms with Crippen LogP contribution in [-0.4, -0.2) is 61.0 Å². The molecule has 0 unspecified atom stereocenters. The number of methoxy groups -OCH3 is 2. The number of alkyl halides is 3. The standard InChI is InChI=1S/C28H31F2N3O3S.C2HF3O2/c1-35-24-6-3-19(13-25(24)36-2)28-9-7-21(32-27(34)31-20-4-5-22(29)23(30)14-20)15-26(28)33(11-10-28)16-18-8-12-37-17-18;3-2(4,5)1(6)7/h3-6,8,12-14,17,21,26H,7,9-11,15-16H2,1-2H3,(H2,31,32,34);(H,6,7)/t21-,26+,28+;/m1./s1. The highest BCUT2D eigenvalue weighted by Crippen LogP contribution is 2.50. The lowest BCUT2D eigenvalue weighted by molar-refractivity contribution is -0.192. The Balaban J connectivity index is 0.000000566. The van der Waals surface area contributed by atoms with Crippen molar-refractivity contribution in [3.8, 4) is 11.5 Å². The first-order valence-corrected chi connectivity index (χ1v) is 14.6. The van der Waals surface area contributed by atoms with Crippen molar-refractivity contribution in [1.29, 1.82) is 0 Å². The summed E-state index contributed by atoms with van der Waals surface area (Å²) in [5.41, 5.74) is 2.67. The largest absolute Gasteiger partial charge is 0.493 e. The summed E-state index contributed by atoms with van der Waals surface area (Å²) >= 11 is 1.70. The molecule has 1 saturated heterocycles. The van der Waals surface area contributed by atoms with Crippen molar-refractivity contribution >= 4 is 29.0 Å². The van der Waals surface area contributed by atoms with Crippen LogP contribution in [0.3, 0.4) is 0 Å². The van der Waals surface area contributed by atoms with E-state index in [-0.39, 0.29) is 23.2 Å². The minimum atomic E-state index is -5.08. The maximum Gasteiger partial charge on any atom is 0.490 e. The number of ether oxygens (including phenoxy) is 2. The number of urea groups is 1. The number of hydrogen-bond acceptors (Lipinski definition) is 6. The van der Waals surface area contributed by atoms with Crippen LogP contribution in [0.15, 0.2) is 53.2 Å². The molecular weight excluding hydrogens is 609 g/mol. The van der Waals surface area contributed by atoms with E-state index in [1.807, 2.05) is 6.07 Å². The molecule has 2 aliphatic rings. The highest BCUT2D eigenvalue weighted by atomic mass is 32.1. The Hall–Kier alpha value is -3.91. The maximum atomic E-state index is 13.6. The first kappa shape index (κ1) is 33.0. The van der Waals surface area contributed by atoms with Crippen LogP contribution in [-0.2, 0) is 16.8 Å². The molecule has 8 nitrogen and oxygen atoms in total. The Bertz CT molecular complexity index is 1460. The topological polar surface area (TPSA) is 100 Å². The lowest BCUT2D eigenvalue weighted by Crippen LogP contribution is -2.52. The second kappa shape index (κ2) is 13.8. The van der Waals surface area contributed by atoms with Gasteiger partial charge in [-0.2, -0.15) is 24.5 Å². The van der Waals surface area contributed by atoms with Crippen molar-refractivity contribution in [1.82, 2.24) is 10.2 Å². The van der Waals surface area contributed by atoms with Crippen LogP contribution in [0.25, 0.3) is 0 Å². The van der Waals surface area contributed by atoms with Crippen LogP contribution in [0.2, 0.25) is 0 Å². The number of carboxylic acids is 1. The van der Waals surface area contributed by atoms with E-state index in [1.165, 1.54) is 17.2 Å². The van der Waals surface area contributed by atoms with E-state index in [0.29, 0.717) is 5.75 Å². The molecule has 3 aromatic rings. The van der Waals surface area contributed by atoms with Gasteiger partial charge in [-0.1, -0.05) is 6.07 Å². The summed E-state index contributed by atoms with van der Waals surface area (Å²) in [6.07, 6.45) is -1.57. The van der Waals surface area contributed by atoms with Gasteiger partial charge in [-0.05, 0) is 84.4 Å². The Morgan fingerprint density at radius 3 is 2.39 bits per heavy atom. The molecule has 1 aliphatic carbocycles. The molecule has 14 heteroatoms. The zero-order valence-electron chi connectivity index (χ0n) is 23.9. The first-order valence-electron chi connectivity index (χ1n) is 13.7. The molecule has 3 atom stereocenters. The highest BCUT2D eigenvalue weighted by molar-refractivity contribution is 7.07. The smallest absolute Gasteiger partial charge is 0.490 e. The summed E-state index contributed by atoms with van der Waals surface area (Å²) < 4.78 is 69.6. The van der Waals surface area contributed by atoms with E-state index in [4.69, 9.17) is 19.4 Å². The molecule has 2 aromatic carbocycles. The van der Waals surface area contributed by atoms with Crippen LogP contribution < -0.4 is 20.1 Å². The van der Waals surface area contributed by atoms with E-state index in [1.54, 1.807) is 25.6 Å². The molecule has 2 heterocycles. The van der Waals surface area contributed by atoms with E-state index < -0.39 is 29.8 Å². The third-order valence-corrected chi connectivity index (χ3v) is 8.78. The van der Waals surface area contributed by atoms with Crippen LogP contribution in [0.4, 0.5) is 32.4 Å². The van der Waals surface area contributed by atoms with Gasteiger partial charge in [-0.15, -0.1) is 0 Å². The number of benzene rings is 2. The Morgan fingerprint density at radius 1 is 1.05 bits per heavy atom. The van der Waals surface area contributed by atoms with Crippen molar-refractivity contribution in [2.75, 3.05) is 26.1 Å². The number of nitrogens with zero attached hydrogens (tertiary/aromatic N) is 1. The zero-order chi connectivity index (χ0) is 32.1. The summed E-state index contributed by atoms with van der Waals surface area (Å²) in [6.45, 7) is 1.82. The predicted molar refractivity (Wildman–Crippen MR) is 154 cm³/mol. The van der Waals surface area contributed by atoms with Crippen molar-refractivity contribution < 1.29 is 46.1 Å². The summed E-state index contributed by atoms with van der Waals surface area (Å²) in [5.74, 6) is -3.28. The van der Waals surface area contributed by atoms with Crippen LogP contribution >= 0.6 is 11.3 Å². The van der Waals surface area contributed by atoms with Gasteiger partial charge >= 0.3 is 18.2 Å². The second-order valence-electron chi connectivity index (χ2n) is 10.6. The quantitative estimate of drug-likeness (QED) is 0.253. The molecule has 238 valence electrons. The van der Waals surface area contributed by atoms with E-state index >= 15 is 0 Å². The van der Waals surface area contributed by atoms with Crippen molar-refractivity contribution in [3.05, 3.63) is 76.0 Å². The molecule has 5 rings (SSSR count). The number of likely N-dealkylation sites (tertiary alicyclic amines) is 1. The molecular formula is C30H32F5N3O5S. The number of halogens is 5. The third-order valence-electron chi connectivity index (χ3n) is 8.05. The number of carbonyl (C=O) groups excluding carboxylic acids is 1. The van der Waals surface area contributed by atoms with Gasteiger partial charge in [0.25, 0.3) is 0 Å². The average molecular weight is 642 g/mol. The van der Waals surface area contributed by atoms with E-state index in [0.717, 1.165) is 56.7 Å². The third kappa shape index (κ3) is 7.59. The number of carbonyl (C=O) groups is 2. The first-order chi connectivity index (χ1) is 20.9. The Kier molecular flexibility index (Phi) is 10.4. The fraction of sp³-hybridized carbons (Fsp3) is 0.400. The number of amides is 2. The molecule has 2 amide bonds. The number of nitrogens with one attached hydrogen (secondary N) is 2. The molecule has 0 bridgehead atoms. The minimum absolute atomic E-state index is 0.0494. The predicted octanol–water partition coefficient (Wildman–Crippen LogP) is 6.56. The molecule has 1 aliphatic heterocycles. The van der Waals surface area contributed by atoms with Gasteiger partial charge in [-0.25, -0.2) is 18.4 Å². The second-order valence-corrected chi connectivity index (χ2v) is 11.4. The van der Waals surface area contributed by atoms with Crippen molar-refractivity contribution in [2.24, 2.45) is 0 Å². The molecule has 3 N–H and O–H groups in total. The molecule has 1 aromatic heterocycles. The maximum absolute atomic E-state index is 13.6. The van der Waals surface area contributed by atoms with E-state index in [9.17, 15) is 26.7 Å². The van der Waals surface area contributed by atoms with Gasteiger partial charge in [0.15, 0.2) is 23.1 Å². The minimum Gasteiger partial charge on any atom is -0.493 e. The van der Waals surface area contributed by atoms with Gasteiger partial charge in [0.2, 0.25) is 0 Å². The summed E-state index contributed by atoms with van der Waals surface area (Å²) in [5, 5.41) is 17.1. The van der Waals surface area contributed by atoms with Gasteiger partial charge in [-0.3, -0.25) is 4.90 Å². The van der Waals surface area contributed by atoms with Crippen LogP contribution in [0.5, 0.6) is 11.5 Å². The molecule has 1 saturated carbocycles. The summed E-state index contributed by atoms with van der Waals surface area (Å²) in [7, 11) is 3.29. The van der Waals surface area contributed by atoms with Gasteiger partial charge in [0.1, 0.15) is 0 Å². The molecule has 44 heavy (non-hydrogen) atoms. The Labute approximate surface area is 254 Å². The molecule has 0 radical (unpaired) electrons. The highest BCUT2D eigenvalue weighted by Gasteiger charge is 2.51. The SMILES string of the molecule is COc1ccc([C@@]23CC[C@@H](NC(=O)Nc4ccc(F)c(F)c4)C[C@@H]2N(Cc2ccsc2)CC3)cc1OC.O=C(O)C(F)(F)F. The monoisotopic (exact) mass is 641 g/mol. The van der Waals surface area contributed by atoms with Gasteiger partial charge in [0, 0.05) is 35.8 Å². The molecule has 2 fully saturated rings. The summed E-state index contributed by atoms with van der Waals surface area (Å²) in [4.78, 5) is 24.2. The summed E-state index contributed by atoms with van der Waals surface area (Å²) in [6, 6.07) is 11.5. The van der Waals surface area contributed by atoms with Gasteiger partial charge < -0.3 is 25.2 Å². The fourth-order valence-corrected chi connectivity index (χ4v) is 6.65. The van der Waals surface area contributed by atoms with Crippen LogP contribution in [0.1, 0.15) is 36.8 Å². The number of fused-ring (bicyclic) bond motifs is 1. The number of aliphatic carboxylic acids is 1. The zero-order valence-corrected chi connectivity index (χ0v) is 24.7. The number of rotatable bonds is 7. The Morgan fingerprint density at radius 2 is 1.77 bits per heavy atom. The van der Waals surface area contributed by atoms with E-state index in [2.05, 4.69) is 44.5 Å². The number of hydrogen-bond donors (Lipinski definition) is 3. The lowest BCUT2D eigenvalue weighted by Gasteiger charge is -2.45. The van der Waals surface area contributed by atoms with Crippen molar-refractivity contribution in [3.63, 3.8) is 0 Å². The average Bonchev–Trinajstić information content (AvgIpc) is 3.63. The van der Waals surface area contributed by atoms with Crippen LogP contribution in [0, 0.1) is 11.6 Å². The molecule has 0 spiro atoms. The lowest BCUT2D eigenvalue weighted by atomic mass is 9.65. The fourth-order valence-electron chi connectivity index (χ4n) is 5.99. The normalized spacial score (nSPS) is 21.4.